The summed E-state index contributed by atoms with van der Waals surface area (Å²) in [5.41, 5.74) is 1.72. The first kappa shape index (κ1) is 21.2. The van der Waals surface area contributed by atoms with E-state index in [1.165, 1.54) is 24.3 Å². The maximum absolute atomic E-state index is 12.6. The van der Waals surface area contributed by atoms with Crippen molar-refractivity contribution in [2.45, 2.75) is 25.3 Å². The number of rotatable bonds is 7. The monoisotopic (exact) mass is 452 g/mol. The molecule has 0 aliphatic rings. The minimum absolute atomic E-state index is 0.00335. The van der Waals surface area contributed by atoms with Crippen LogP contribution in [0.5, 0.6) is 0 Å². The zero-order valence-corrected chi connectivity index (χ0v) is 18.1. The van der Waals surface area contributed by atoms with Crippen LogP contribution in [0.15, 0.2) is 70.2 Å². The Hall–Kier alpha value is -3.99. The molecule has 0 saturated carbocycles. The van der Waals surface area contributed by atoms with E-state index in [-0.39, 0.29) is 16.6 Å². The average Bonchev–Trinajstić information content (AvgIpc) is 3.40. The number of amides is 1. The van der Waals surface area contributed by atoms with Crippen LogP contribution in [0.25, 0.3) is 0 Å². The normalized spacial score (nSPS) is 11.3. The van der Waals surface area contributed by atoms with Gasteiger partial charge in [0.05, 0.1) is 11.4 Å². The first-order chi connectivity index (χ1) is 15.3. The Balaban J connectivity index is 1.42. The molecule has 1 aromatic carbocycles. The van der Waals surface area contributed by atoms with Crippen LogP contribution >= 0.6 is 0 Å². The van der Waals surface area contributed by atoms with Crippen molar-refractivity contribution in [1.82, 2.24) is 19.7 Å². The van der Waals surface area contributed by atoms with Gasteiger partial charge >= 0.3 is 0 Å². The molecule has 0 bridgehead atoms. The predicted octanol–water partition coefficient (Wildman–Crippen LogP) is 2.98. The summed E-state index contributed by atoms with van der Waals surface area (Å²) in [6.07, 6.45) is 3.45. The number of aromatic nitrogens is 4. The van der Waals surface area contributed by atoms with Crippen LogP contribution in [0.3, 0.4) is 0 Å². The highest BCUT2D eigenvalue weighted by molar-refractivity contribution is 7.92. The van der Waals surface area contributed by atoms with Gasteiger partial charge in [-0.3, -0.25) is 9.48 Å². The minimum Gasteiger partial charge on any atom is -0.454 e. The third kappa shape index (κ3) is 5.01. The lowest BCUT2D eigenvalue weighted by molar-refractivity contribution is 0.0994. The molecule has 0 unspecified atom stereocenters. The molecule has 0 radical (unpaired) electrons. The van der Waals surface area contributed by atoms with Crippen molar-refractivity contribution >= 4 is 27.6 Å². The molecule has 11 heteroatoms. The van der Waals surface area contributed by atoms with Crippen molar-refractivity contribution in [3.63, 3.8) is 0 Å². The summed E-state index contributed by atoms with van der Waals surface area (Å²) in [5, 5.41) is 6.77. The van der Waals surface area contributed by atoms with Crippen molar-refractivity contribution < 1.29 is 17.6 Å². The van der Waals surface area contributed by atoms with Crippen molar-refractivity contribution in [3.8, 4) is 0 Å². The van der Waals surface area contributed by atoms with E-state index in [9.17, 15) is 13.2 Å². The molecule has 0 saturated heterocycles. The third-order valence-electron chi connectivity index (χ3n) is 4.39. The van der Waals surface area contributed by atoms with E-state index < -0.39 is 15.9 Å². The number of hydrogen-bond donors (Lipinski definition) is 2. The van der Waals surface area contributed by atoms with Gasteiger partial charge in [0.1, 0.15) is 5.76 Å². The summed E-state index contributed by atoms with van der Waals surface area (Å²) < 4.78 is 34.8. The van der Waals surface area contributed by atoms with Crippen molar-refractivity contribution in [3.05, 3.63) is 83.8 Å². The standard InChI is InChI=1S/C21H20N6O4S/c1-14-12-15(2)24-21(23-14)26-32(29,30)18-7-4-16(5-8-18)25-20(28)19-9-6-17(31-19)13-27-11-3-10-22-27/h3-12H,13H2,1-2H3,(H,25,28)(H,23,24,26). The second-order valence-electron chi connectivity index (χ2n) is 7.03. The molecule has 1 amide bonds. The first-order valence-corrected chi connectivity index (χ1v) is 11.1. The SMILES string of the molecule is Cc1cc(C)nc(NS(=O)(=O)c2ccc(NC(=O)c3ccc(Cn4cccn4)o3)cc2)n1. The van der Waals surface area contributed by atoms with Crippen LogP contribution in [0.2, 0.25) is 0 Å². The summed E-state index contributed by atoms with van der Waals surface area (Å²) in [6.45, 7) is 3.91. The van der Waals surface area contributed by atoms with Gasteiger partial charge in [-0.25, -0.2) is 23.1 Å². The molecule has 10 nitrogen and oxygen atoms in total. The molecule has 0 aliphatic heterocycles. The highest BCUT2D eigenvalue weighted by Crippen LogP contribution is 2.18. The minimum atomic E-state index is -3.88. The summed E-state index contributed by atoms with van der Waals surface area (Å²) in [4.78, 5) is 20.6. The number of aryl methyl sites for hydroxylation is 2. The molecule has 3 aromatic heterocycles. The third-order valence-corrected chi connectivity index (χ3v) is 5.74. The second kappa shape index (κ2) is 8.63. The van der Waals surface area contributed by atoms with Gasteiger partial charge in [-0.2, -0.15) is 5.10 Å². The highest BCUT2D eigenvalue weighted by Gasteiger charge is 2.17. The molecular weight excluding hydrogens is 432 g/mol. The van der Waals surface area contributed by atoms with Crippen LogP contribution in [-0.4, -0.2) is 34.1 Å². The van der Waals surface area contributed by atoms with E-state index in [4.69, 9.17) is 4.42 Å². The zero-order chi connectivity index (χ0) is 22.7. The molecule has 0 aliphatic carbocycles. The summed E-state index contributed by atoms with van der Waals surface area (Å²) in [5.74, 6) is 0.273. The van der Waals surface area contributed by atoms with Crippen LogP contribution in [0, 0.1) is 13.8 Å². The van der Waals surface area contributed by atoms with E-state index in [0.717, 1.165) is 0 Å². The van der Waals surface area contributed by atoms with Crippen molar-refractivity contribution in [2.24, 2.45) is 0 Å². The van der Waals surface area contributed by atoms with Gasteiger partial charge in [0, 0.05) is 29.5 Å². The van der Waals surface area contributed by atoms with Crippen molar-refractivity contribution in [1.29, 1.82) is 0 Å². The van der Waals surface area contributed by atoms with Gasteiger partial charge in [0.15, 0.2) is 5.76 Å². The summed E-state index contributed by atoms with van der Waals surface area (Å²) >= 11 is 0. The number of anilines is 2. The van der Waals surface area contributed by atoms with Crippen LogP contribution in [0.4, 0.5) is 11.6 Å². The molecular formula is C21H20N6O4S. The Morgan fingerprint density at radius 2 is 1.78 bits per heavy atom. The molecule has 0 spiro atoms. The highest BCUT2D eigenvalue weighted by atomic mass is 32.2. The van der Waals surface area contributed by atoms with E-state index >= 15 is 0 Å². The molecule has 0 atom stereocenters. The number of benzene rings is 1. The van der Waals surface area contributed by atoms with Crippen molar-refractivity contribution in [2.75, 3.05) is 10.0 Å². The topological polar surface area (TPSA) is 132 Å². The van der Waals surface area contributed by atoms with Gasteiger partial charge in [-0.1, -0.05) is 0 Å². The van der Waals surface area contributed by atoms with E-state index in [2.05, 4.69) is 25.1 Å². The fourth-order valence-electron chi connectivity index (χ4n) is 3.00. The number of nitrogens with zero attached hydrogens (tertiary/aromatic N) is 4. The average molecular weight is 452 g/mol. The number of furan rings is 1. The number of hydrogen-bond acceptors (Lipinski definition) is 7. The van der Waals surface area contributed by atoms with Gasteiger partial charge in [0.25, 0.3) is 15.9 Å². The first-order valence-electron chi connectivity index (χ1n) is 9.61. The Morgan fingerprint density at radius 3 is 2.44 bits per heavy atom. The quantitative estimate of drug-likeness (QED) is 0.440. The van der Waals surface area contributed by atoms with Gasteiger partial charge in [0.2, 0.25) is 5.95 Å². The van der Waals surface area contributed by atoms with Gasteiger partial charge in [-0.05, 0) is 62.4 Å². The molecule has 4 rings (SSSR count). The fourth-order valence-corrected chi connectivity index (χ4v) is 3.94. The number of nitrogens with one attached hydrogen (secondary N) is 2. The molecule has 4 aromatic rings. The lowest BCUT2D eigenvalue weighted by Crippen LogP contribution is -2.16. The molecule has 32 heavy (non-hydrogen) atoms. The smallest absolute Gasteiger partial charge is 0.291 e. The maximum Gasteiger partial charge on any atom is 0.291 e. The van der Waals surface area contributed by atoms with Gasteiger partial charge < -0.3 is 9.73 Å². The second-order valence-corrected chi connectivity index (χ2v) is 8.71. The van der Waals surface area contributed by atoms with Crippen LogP contribution in [-0.2, 0) is 16.6 Å². The van der Waals surface area contributed by atoms with Gasteiger partial charge in [-0.15, -0.1) is 0 Å². The molecule has 164 valence electrons. The van der Waals surface area contributed by atoms with Crippen LogP contribution in [0.1, 0.15) is 27.7 Å². The Bertz CT molecular complexity index is 1330. The van der Waals surface area contributed by atoms with E-state index in [1.807, 2.05) is 0 Å². The summed E-state index contributed by atoms with van der Waals surface area (Å²) in [7, 11) is -3.88. The molecule has 0 fully saturated rings. The Kier molecular flexibility index (Phi) is 5.73. The fraction of sp³-hybridized carbons (Fsp3) is 0.143. The van der Waals surface area contributed by atoms with Crippen LogP contribution < -0.4 is 10.0 Å². The number of carbonyl (C=O) groups excluding carboxylic acids is 1. The Morgan fingerprint density at radius 1 is 1.06 bits per heavy atom. The largest absolute Gasteiger partial charge is 0.454 e. The zero-order valence-electron chi connectivity index (χ0n) is 17.3. The maximum atomic E-state index is 12.6. The Labute approximate surface area is 184 Å². The lowest BCUT2D eigenvalue weighted by atomic mass is 10.3. The van der Waals surface area contributed by atoms with E-state index in [1.54, 1.807) is 55.2 Å². The number of carbonyl (C=O) groups is 1. The number of sulfonamides is 1. The molecule has 2 N–H and O–H groups in total. The summed E-state index contributed by atoms with van der Waals surface area (Å²) in [6, 6.07) is 12.6. The molecule has 3 heterocycles. The lowest BCUT2D eigenvalue weighted by Gasteiger charge is -2.09. The predicted molar refractivity (Wildman–Crippen MR) is 117 cm³/mol. The van der Waals surface area contributed by atoms with E-state index in [0.29, 0.717) is 29.4 Å².